The molecule has 0 radical (unpaired) electrons. The van der Waals surface area contributed by atoms with Crippen LogP contribution in [0.3, 0.4) is 0 Å². The van der Waals surface area contributed by atoms with Crippen LogP contribution in [-0.4, -0.2) is 11.0 Å². The average Bonchev–Trinajstić information content (AvgIpc) is 3.54. The molecule has 4 aromatic carbocycles. The van der Waals surface area contributed by atoms with Gasteiger partial charge < -0.3 is 14.2 Å². The standard InChI is InChI=1S/C40H27N3O/c1-3-15-28(16-4-1)43-35-24-11-8-19-31(35)38-30-18-7-10-23-34(30)42(36-22-6-2-5-20-32(36)39(38)43)29-17-13-14-27(26-29)40-41-33-21-9-12-25-37(33)44-40/h1-4,6-26,31,35H. The van der Waals surface area contributed by atoms with Crippen LogP contribution in [0.5, 0.6) is 0 Å². The third kappa shape index (κ3) is 3.75. The lowest BCUT2D eigenvalue weighted by Crippen LogP contribution is -2.34. The van der Waals surface area contributed by atoms with Crippen LogP contribution >= 0.6 is 0 Å². The number of para-hydroxylation sites is 4. The largest absolute Gasteiger partial charge is 0.436 e. The highest BCUT2D eigenvalue weighted by atomic mass is 16.3. The zero-order chi connectivity index (χ0) is 29.0. The average molecular weight is 566 g/mol. The number of allylic oxidation sites excluding steroid dienone is 5. The van der Waals surface area contributed by atoms with Crippen molar-refractivity contribution in [2.24, 2.45) is 5.92 Å². The van der Waals surface area contributed by atoms with Gasteiger partial charge in [0.2, 0.25) is 5.89 Å². The molecule has 9 rings (SSSR count). The fourth-order valence-electron chi connectivity index (χ4n) is 6.97. The number of hydrogen-bond donors (Lipinski definition) is 0. The van der Waals surface area contributed by atoms with Gasteiger partial charge in [0.05, 0.1) is 23.1 Å². The second kappa shape index (κ2) is 9.88. The van der Waals surface area contributed by atoms with Crippen molar-refractivity contribution in [1.29, 1.82) is 0 Å². The van der Waals surface area contributed by atoms with Crippen molar-refractivity contribution in [2.45, 2.75) is 6.04 Å². The summed E-state index contributed by atoms with van der Waals surface area (Å²) in [7, 11) is 0. The summed E-state index contributed by atoms with van der Waals surface area (Å²) in [6.07, 6.45) is 17.5. The van der Waals surface area contributed by atoms with Crippen molar-refractivity contribution in [3.8, 4) is 11.5 Å². The van der Waals surface area contributed by atoms with Crippen molar-refractivity contribution < 1.29 is 4.42 Å². The highest BCUT2D eigenvalue weighted by Gasteiger charge is 2.44. The van der Waals surface area contributed by atoms with E-state index in [1.165, 1.54) is 22.5 Å². The molecule has 2 aliphatic heterocycles. The zero-order valence-corrected chi connectivity index (χ0v) is 23.8. The van der Waals surface area contributed by atoms with Crippen LogP contribution in [0.1, 0.15) is 5.56 Å². The first-order chi connectivity index (χ1) is 21.8. The monoisotopic (exact) mass is 565 g/mol. The molecular weight excluding hydrogens is 538 g/mol. The Labute approximate surface area is 255 Å². The molecule has 2 atom stereocenters. The molecule has 0 bridgehead atoms. The number of fused-ring (bicyclic) bond motifs is 6. The molecule has 1 aromatic heterocycles. The molecule has 0 saturated heterocycles. The molecule has 4 aliphatic rings. The van der Waals surface area contributed by atoms with E-state index in [1.807, 2.05) is 30.3 Å². The maximum atomic E-state index is 6.19. The van der Waals surface area contributed by atoms with Crippen LogP contribution in [-0.2, 0) is 0 Å². The Morgan fingerprint density at radius 2 is 1.57 bits per heavy atom. The van der Waals surface area contributed by atoms with E-state index in [2.05, 4.69) is 137 Å². The molecule has 4 heteroatoms. The minimum absolute atomic E-state index is 0.174. The summed E-state index contributed by atoms with van der Waals surface area (Å²) in [6.45, 7) is 0. The Kier molecular flexibility index (Phi) is 5.55. The molecule has 0 amide bonds. The Morgan fingerprint density at radius 1 is 0.750 bits per heavy atom. The number of aromatic nitrogens is 1. The molecule has 3 heterocycles. The molecule has 2 aliphatic carbocycles. The van der Waals surface area contributed by atoms with Crippen molar-refractivity contribution in [2.75, 3.05) is 9.80 Å². The molecule has 0 spiro atoms. The van der Waals surface area contributed by atoms with Crippen LogP contribution in [0.15, 0.2) is 179 Å². The summed E-state index contributed by atoms with van der Waals surface area (Å²) >= 11 is 0. The molecule has 44 heavy (non-hydrogen) atoms. The number of nitrogens with zero attached hydrogens (tertiary/aromatic N) is 3. The number of benzene rings is 4. The van der Waals surface area contributed by atoms with Crippen molar-refractivity contribution in [3.63, 3.8) is 0 Å². The van der Waals surface area contributed by atoms with Gasteiger partial charge in [0.25, 0.3) is 0 Å². The first-order valence-electron chi connectivity index (χ1n) is 15.0. The summed E-state index contributed by atoms with van der Waals surface area (Å²) < 4.78 is 6.19. The normalized spacial score (nSPS) is 19.6. The lowest BCUT2D eigenvalue weighted by Gasteiger charge is -2.34. The predicted molar refractivity (Wildman–Crippen MR) is 178 cm³/mol. The van der Waals surface area contributed by atoms with E-state index in [0.29, 0.717) is 5.89 Å². The van der Waals surface area contributed by atoms with Crippen LogP contribution < -0.4 is 9.80 Å². The van der Waals surface area contributed by atoms with Crippen molar-refractivity contribution >= 4 is 33.7 Å². The van der Waals surface area contributed by atoms with E-state index in [-0.39, 0.29) is 12.0 Å². The van der Waals surface area contributed by atoms with E-state index in [9.17, 15) is 0 Å². The molecule has 0 N–H and O–H groups in total. The van der Waals surface area contributed by atoms with Gasteiger partial charge in [0.15, 0.2) is 5.58 Å². The van der Waals surface area contributed by atoms with Gasteiger partial charge in [-0.1, -0.05) is 85.0 Å². The highest BCUT2D eigenvalue weighted by Crippen LogP contribution is 2.54. The molecule has 0 fully saturated rings. The molecule has 4 nitrogen and oxygen atoms in total. The van der Waals surface area contributed by atoms with Gasteiger partial charge in [-0.2, -0.15) is 0 Å². The third-order valence-electron chi connectivity index (χ3n) is 8.79. The maximum Gasteiger partial charge on any atom is 0.227 e. The summed E-state index contributed by atoms with van der Waals surface area (Å²) in [5, 5.41) is 0. The van der Waals surface area contributed by atoms with E-state index in [1.54, 1.807) is 0 Å². The lowest BCUT2D eigenvalue weighted by molar-refractivity contribution is 0.620. The fraction of sp³-hybridized carbons (Fsp3) is 0.0500. The topological polar surface area (TPSA) is 32.5 Å². The van der Waals surface area contributed by atoms with Gasteiger partial charge in [0.1, 0.15) is 5.52 Å². The third-order valence-corrected chi connectivity index (χ3v) is 8.79. The predicted octanol–water partition coefficient (Wildman–Crippen LogP) is 9.52. The summed E-state index contributed by atoms with van der Waals surface area (Å²) in [6, 6.07) is 36.1. The molecular formula is C40H27N3O. The zero-order valence-electron chi connectivity index (χ0n) is 23.8. The van der Waals surface area contributed by atoms with Crippen molar-refractivity contribution in [1.82, 2.24) is 4.98 Å². The lowest BCUT2D eigenvalue weighted by atomic mass is 9.85. The van der Waals surface area contributed by atoms with E-state index in [0.717, 1.165) is 39.3 Å². The number of anilines is 3. The molecule has 208 valence electrons. The second-order valence-electron chi connectivity index (χ2n) is 11.3. The first kappa shape index (κ1) is 24.7. The summed E-state index contributed by atoms with van der Waals surface area (Å²) in [5.74, 6) is 0.807. The summed E-state index contributed by atoms with van der Waals surface area (Å²) in [5.41, 5.74) is 15.4. The van der Waals surface area contributed by atoms with Gasteiger partial charge in [-0.15, -0.1) is 5.73 Å². The first-order valence-corrected chi connectivity index (χ1v) is 15.0. The Hall–Kier alpha value is -5.83. The van der Waals surface area contributed by atoms with Crippen LogP contribution in [0.25, 0.3) is 28.1 Å². The quantitative estimate of drug-likeness (QED) is 0.204. The van der Waals surface area contributed by atoms with E-state index in [4.69, 9.17) is 9.40 Å². The Balaban J connectivity index is 1.30. The van der Waals surface area contributed by atoms with Crippen LogP contribution in [0.2, 0.25) is 0 Å². The minimum Gasteiger partial charge on any atom is -0.436 e. The van der Waals surface area contributed by atoms with E-state index < -0.39 is 0 Å². The Bertz CT molecular complexity index is 2150. The minimum atomic E-state index is 0.174. The van der Waals surface area contributed by atoms with E-state index >= 15 is 0 Å². The fourth-order valence-corrected chi connectivity index (χ4v) is 6.97. The SMILES string of the molecule is C1=CC=CC2=C(C=1)C1=C(c3ccccc3N2c2cccc(-c3nc4ccccc4o3)c2)C2C=CC=CC2N1c1ccccc1. The number of oxazole rings is 1. The van der Waals surface area contributed by atoms with Gasteiger partial charge in [-0.05, 0) is 72.3 Å². The van der Waals surface area contributed by atoms with Gasteiger partial charge >= 0.3 is 0 Å². The smallest absolute Gasteiger partial charge is 0.227 e. The van der Waals surface area contributed by atoms with Gasteiger partial charge in [-0.3, -0.25) is 0 Å². The molecule has 5 aromatic rings. The van der Waals surface area contributed by atoms with Crippen molar-refractivity contribution in [3.05, 3.63) is 180 Å². The maximum absolute atomic E-state index is 6.19. The second-order valence-corrected chi connectivity index (χ2v) is 11.3. The highest BCUT2D eigenvalue weighted by molar-refractivity contribution is 5.96. The van der Waals surface area contributed by atoms with Gasteiger partial charge in [-0.25, -0.2) is 4.98 Å². The van der Waals surface area contributed by atoms with Gasteiger partial charge in [0, 0.05) is 34.0 Å². The summed E-state index contributed by atoms with van der Waals surface area (Å²) in [4.78, 5) is 9.70. The van der Waals surface area contributed by atoms with Crippen LogP contribution in [0, 0.1) is 5.92 Å². The van der Waals surface area contributed by atoms with Crippen LogP contribution in [0.4, 0.5) is 17.1 Å². The Morgan fingerprint density at radius 3 is 2.50 bits per heavy atom. The number of rotatable bonds is 3. The molecule has 0 saturated carbocycles. The molecule has 2 unspecified atom stereocenters. The number of hydrogen-bond acceptors (Lipinski definition) is 4.